The Morgan fingerprint density at radius 1 is 1.35 bits per heavy atom. The van der Waals surface area contributed by atoms with Gasteiger partial charge in [0, 0.05) is 18.6 Å². The van der Waals surface area contributed by atoms with Gasteiger partial charge in [0.15, 0.2) is 0 Å². The number of hydrogen-bond acceptors (Lipinski definition) is 3. The molecule has 0 radical (unpaired) electrons. The fourth-order valence-electron chi connectivity index (χ4n) is 3.20. The van der Waals surface area contributed by atoms with Crippen LogP contribution in [0.5, 0.6) is 5.75 Å². The Balaban J connectivity index is 2.03. The Kier molecular flexibility index (Phi) is 5.06. The average Bonchev–Trinajstić information content (AvgIpc) is 2.80. The van der Waals surface area contributed by atoms with E-state index in [1.807, 2.05) is 0 Å². The average molecular weight is 276 g/mol. The van der Waals surface area contributed by atoms with E-state index in [1.165, 1.54) is 24.0 Å². The second kappa shape index (κ2) is 6.59. The molecule has 0 amide bonds. The molecule has 0 saturated heterocycles. The van der Waals surface area contributed by atoms with Gasteiger partial charge < -0.3 is 15.0 Å². The van der Waals surface area contributed by atoms with Crippen molar-refractivity contribution in [2.45, 2.75) is 38.8 Å². The van der Waals surface area contributed by atoms with Gasteiger partial charge in [0.05, 0.1) is 7.11 Å². The highest BCUT2D eigenvalue weighted by Gasteiger charge is 2.24. The molecule has 1 aliphatic carbocycles. The van der Waals surface area contributed by atoms with Crippen molar-refractivity contribution in [1.29, 1.82) is 0 Å². The zero-order valence-electron chi connectivity index (χ0n) is 13.4. The van der Waals surface area contributed by atoms with Gasteiger partial charge in [-0.05, 0) is 56.1 Å². The van der Waals surface area contributed by atoms with Crippen LogP contribution in [0.4, 0.5) is 0 Å². The molecule has 3 heteroatoms. The number of nitrogens with one attached hydrogen (secondary N) is 1. The maximum absolute atomic E-state index is 5.35. The van der Waals surface area contributed by atoms with E-state index in [2.05, 4.69) is 56.4 Å². The third kappa shape index (κ3) is 3.33. The van der Waals surface area contributed by atoms with Crippen molar-refractivity contribution in [2.24, 2.45) is 5.92 Å². The van der Waals surface area contributed by atoms with Gasteiger partial charge in [-0.1, -0.05) is 19.9 Å². The topological polar surface area (TPSA) is 24.5 Å². The molecule has 20 heavy (non-hydrogen) atoms. The summed E-state index contributed by atoms with van der Waals surface area (Å²) in [5.41, 5.74) is 2.89. The van der Waals surface area contributed by atoms with Gasteiger partial charge in [-0.2, -0.15) is 0 Å². The molecular formula is C17H28N2O. The Hall–Kier alpha value is -1.06. The van der Waals surface area contributed by atoms with Crippen LogP contribution in [0, 0.1) is 5.92 Å². The molecule has 1 aromatic carbocycles. The van der Waals surface area contributed by atoms with Crippen molar-refractivity contribution < 1.29 is 4.74 Å². The minimum atomic E-state index is 0.473. The standard InChI is InChI=1S/C17H28N2O/c1-12(2)17(19(3)4)11-18-16-9-7-13-6-8-14(20-5)10-15(13)16/h6,8,10,12,16-18H,7,9,11H2,1-5H3. The summed E-state index contributed by atoms with van der Waals surface area (Å²) in [5, 5.41) is 3.75. The van der Waals surface area contributed by atoms with Crippen molar-refractivity contribution in [3.8, 4) is 5.75 Å². The predicted molar refractivity (Wildman–Crippen MR) is 84.4 cm³/mol. The van der Waals surface area contributed by atoms with Crippen LogP contribution in [-0.4, -0.2) is 38.7 Å². The molecule has 0 bridgehead atoms. The monoisotopic (exact) mass is 276 g/mol. The van der Waals surface area contributed by atoms with Gasteiger partial charge in [0.25, 0.3) is 0 Å². The van der Waals surface area contributed by atoms with E-state index >= 15 is 0 Å². The van der Waals surface area contributed by atoms with Crippen molar-refractivity contribution in [3.05, 3.63) is 29.3 Å². The fraction of sp³-hybridized carbons (Fsp3) is 0.647. The van der Waals surface area contributed by atoms with Gasteiger partial charge in [0.1, 0.15) is 5.75 Å². The summed E-state index contributed by atoms with van der Waals surface area (Å²) in [6, 6.07) is 7.52. The van der Waals surface area contributed by atoms with Crippen LogP contribution >= 0.6 is 0 Å². The molecule has 0 heterocycles. The summed E-state index contributed by atoms with van der Waals surface area (Å²) in [6.45, 7) is 5.61. The summed E-state index contributed by atoms with van der Waals surface area (Å²) < 4.78 is 5.35. The lowest BCUT2D eigenvalue weighted by atomic mass is 10.0. The highest BCUT2D eigenvalue weighted by molar-refractivity contribution is 5.40. The van der Waals surface area contributed by atoms with Gasteiger partial charge in [-0.25, -0.2) is 0 Å². The smallest absolute Gasteiger partial charge is 0.119 e. The van der Waals surface area contributed by atoms with E-state index in [4.69, 9.17) is 4.74 Å². The van der Waals surface area contributed by atoms with Gasteiger partial charge in [-0.3, -0.25) is 0 Å². The van der Waals surface area contributed by atoms with E-state index < -0.39 is 0 Å². The Morgan fingerprint density at radius 2 is 2.10 bits per heavy atom. The highest BCUT2D eigenvalue weighted by atomic mass is 16.5. The first kappa shape index (κ1) is 15.3. The van der Waals surface area contributed by atoms with Crippen LogP contribution in [-0.2, 0) is 6.42 Å². The first-order valence-electron chi connectivity index (χ1n) is 7.59. The number of aryl methyl sites for hydroxylation is 1. The molecular weight excluding hydrogens is 248 g/mol. The molecule has 0 aliphatic heterocycles. The van der Waals surface area contributed by atoms with E-state index in [-0.39, 0.29) is 0 Å². The summed E-state index contributed by atoms with van der Waals surface area (Å²) in [7, 11) is 6.07. The maximum atomic E-state index is 5.35. The number of hydrogen-bond donors (Lipinski definition) is 1. The first-order valence-corrected chi connectivity index (χ1v) is 7.59. The van der Waals surface area contributed by atoms with Crippen LogP contribution < -0.4 is 10.1 Å². The molecule has 2 atom stereocenters. The van der Waals surface area contributed by atoms with Crippen LogP contribution in [0.25, 0.3) is 0 Å². The predicted octanol–water partition coefficient (Wildman–Crippen LogP) is 2.86. The molecule has 1 N–H and O–H groups in total. The molecule has 0 fully saturated rings. The van der Waals surface area contributed by atoms with E-state index in [0.29, 0.717) is 18.0 Å². The van der Waals surface area contributed by atoms with Crippen molar-refractivity contribution in [1.82, 2.24) is 10.2 Å². The van der Waals surface area contributed by atoms with Crippen LogP contribution in [0.1, 0.15) is 37.4 Å². The maximum Gasteiger partial charge on any atom is 0.119 e. The van der Waals surface area contributed by atoms with Gasteiger partial charge in [0.2, 0.25) is 0 Å². The van der Waals surface area contributed by atoms with E-state index in [9.17, 15) is 0 Å². The zero-order chi connectivity index (χ0) is 14.7. The number of likely N-dealkylation sites (N-methyl/N-ethyl adjacent to an activating group) is 1. The minimum absolute atomic E-state index is 0.473. The number of benzene rings is 1. The quantitative estimate of drug-likeness (QED) is 0.864. The number of ether oxygens (including phenoxy) is 1. The second-order valence-corrected chi connectivity index (χ2v) is 6.34. The number of methoxy groups -OCH3 is 1. The Bertz CT molecular complexity index is 435. The summed E-state index contributed by atoms with van der Waals surface area (Å²) in [4.78, 5) is 2.32. The van der Waals surface area contributed by atoms with Crippen molar-refractivity contribution >= 4 is 0 Å². The molecule has 2 rings (SSSR count). The summed E-state index contributed by atoms with van der Waals surface area (Å²) in [6.07, 6.45) is 2.37. The van der Waals surface area contributed by atoms with Crippen LogP contribution in [0.2, 0.25) is 0 Å². The third-order valence-electron chi connectivity index (χ3n) is 4.44. The molecule has 1 aromatic rings. The SMILES string of the molecule is COc1ccc2c(c1)C(NCC(C(C)C)N(C)C)CC2. The lowest BCUT2D eigenvalue weighted by Crippen LogP contribution is -2.42. The highest BCUT2D eigenvalue weighted by Crippen LogP contribution is 2.33. The first-order chi connectivity index (χ1) is 9.52. The Morgan fingerprint density at radius 3 is 2.70 bits per heavy atom. The zero-order valence-corrected chi connectivity index (χ0v) is 13.4. The normalized spacial score (nSPS) is 19.4. The summed E-state index contributed by atoms with van der Waals surface area (Å²) in [5.74, 6) is 1.62. The molecule has 1 aliphatic rings. The number of fused-ring (bicyclic) bond motifs is 1. The lowest BCUT2D eigenvalue weighted by molar-refractivity contribution is 0.218. The van der Waals surface area contributed by atoms with Crippen LogP contribution in [0.15, 0.2) is 18.2 Å². The van der Waals surface area contributed by atoms with Crippen molar-refractivity contribution in [3.63, 3.8) is 0 Å². The van der Waals surface area contributed by atoms with Crippen LogP contribution in [0.3, 0.4) is 0 Å². The fourth-order valence-corrected chi connectivity index (χ4v) is 3.20. The van der Waals surface area contributed by atoms with E-state index in [0.717, 1.165) is 12.3 Å². The van der Waals surface area contributed by atoms with Crippen molar-refractivity contribution in [2.75, 3.05) is 27.7 Å². The number of nitrogens with zero attached hydrogens (tertiary/aromatic N) is 1. The lowest BCUT2D eigenvalue weighted by Gasteiger charge is -2.29. The molecule has 0 spiro atoms. The largest absolute Gasteiger partial charge is 0.497 e. The molecule has 2 unspecified atom stereocenters. The molecule has 0 saturated carbocycles. The number of rotatable bonds is 6. The molecule has 0 aromatic heterocycles. The van der Waals surface area contributed by atoms with Gasteiger partial charge >= 0.3 is 0 Å². The summed E-state index contributed by atoms with van der Waals surface area (Å²) >= 11 is 0. The van der Waals surface area contributed by atoms with E-state index in [1.54, 1.807) is 7.11 Å². The minimum Gasteiger partial charge on any atom is -0.497 e. The third-order valence-corrected chi connectivity index (χ3v) is 4.44. The Labute approximate surface area is 123 Å². The molecule has 112 valence electrons. The van der Waals surface area contributed by atoms with Gasteiger partial charge in [-0.15, -0.1) is 0 Å². The molecule has 3 nitrogen and oxygen atoms in total. The second-order valence-electron chi connectivity index (χ2n) is 6.34.